The zero-order valence-corrected chi connectivity index (χ0v) is 26.0. The van der Waals surface area contributed by atoms with Crippen molar-refractivity contribution >= 4 is 65.2 Å². The number of anilines is 1. The lowest BCUT2D eigenvalue weighted by Gasteiger charge is -2.12. The molecule has 3 N–H and O–H groups in total. The van der Waals surface area contributed by atoms with Crippen LogP contribution < -0.4 is 5.32 Å². The van der Waals surface area contributed by atoms with E-state index in [1.165, 1.54) is 67.6 Å². The Hall–Kier alpha value is -4.86. The summed E-state index contributed by atoms with van der Waals surface area (Å²) in [5, 5.41) is 30.2. The third-order valence-corrected chi connectivity index (χ3v) is 9.37. The van der Waals surface area contributed by atoms with E-state index in [4.69, 9.17) is 0 Å². The average Bonchev–Trinajstić information content (AvgIpc) is 2.97. The minimum Gasteiger partial charge on any atom is -0.505 e. The summed E-state index contributed by atoms with van der Waals surface area (Å²) < 4.78 is 57.2. The maximum atomic E-state index is 13.0. The number of ketones is 1. The molecule has 0 bridgehead atoms. The van der Waals surface area contributed by atoms with E-state index in [0.717, 1.165) is 0 Å². The maximum absolute atomic E-state index is 13.0. The number of carbonyl (C=O) groups is 2. The first-order chi connectivity index (χ1) is 21.2. The molecule has 234 valence electrons. The van der Waals surface area contributed by atoms with Crippen LogP contribution in [0.4, 0.5) is 22.7 Å². The molecule has 1 atom stereocenters. The third kappa shape index (κ3) is 7.81. The van der Waals surface area contributed by atoms with Gasteiger partial charge in [-0.2, -0.15) is 18.6 Å². The largest absolute Gasteiger partial charge is 0.505 e. The van der Waals surface area contributed by atoms with Gasteiger partial charge in [0.1, 0.15) is 16.3 Å². The van der Waals surface area contributed by atoms with Crippen LogP contribution in [0.25, 0.3) is 10.8 Å². The topological polar surface area (TPSA) is 204 Å². The number of nitrogens with one attached hydrogen (secondary N) is 1. The van der Waals surface area contributed by atoms with Gasteiger partial charge in [0.05, 0.1) is 16.3 Å². The molecule has 1 unspecified atom stereocenters. The van der Waals surface area contributed by atoms with Crippen LogP contribution in [0.3, 0.4) is 0 Å². The second-order valence-corrected chi connectivity index (χ2v) is 13.5. The van der Waals surface area contributed by atoms with Crippen molar-refractivity contribution in [2.24, 2.45) is 20.5 Å². The fourth-order valence-corrected chi connectivity index (χ4v) is 6.29. The van der Waals surface area contributed by atoms with E-state index in [1.54, 1.807) is 26.0 Å². The fraction of sp³-hybridized carbons (Fsp3) is 0.200. The number of benzene rings is 4. The van der Waals surface area contributed by atoms with Gasteiger partial charge in [-0.3, -0.25) is 14.1 Å². The fourth-order valence-electron chi connectivity index (χ4n) is 4.34. The van der Waals surface area contributed by atoms with Crippen LogP contribution in [0.5, 0.6) is 5.75 Å². The molecule has 0 aliphatic heterocycles. The molecule has 0 aliphatic rings. The van der Waals surface area contributed by atoms with Gasteiger partial charge in [-0.25, -0.2) is 8.42 Å². The Morgan fingerprint density at radius 1 is 0.911 bits per heavy atom. The van der Waals surface area contributed by atoms with Gasteiger partial charge in [-0.1, -0.05) is 19.1 Å². The predicted molar refractivity (Wildman–Crippen MR) is 167 cm³/mol. The number of phenols is 1. The van der Waals surface area contributed by atoms with E-state index in [0.29, 0.717) is 28.4 Å². The highest BCUT2D eigenvalue weighted by Gasteiger charge is 2.24. The number of carbonyl (C=O) groups excluding carboxylic acids is 2. The van der Waals surface area contributed by atoms with Gasteiger partial charge in [0, 0.05) is 11.1 Å². The van der Waals surface area contributed by atoms with Crippen molar-refractivity contribution < 1.29 is 36.1 Å². The van der Waals surface area contributed by atoms with E-state index < -0.39 is 42.6 Å². The number of aryl methyl sites for hydroxylation is 1. The number of aromatic hydroxyl groups is 1. The number of hydrogen-bond acceptors (Lipinski definition) is 11. The Kier molecular flexibility index (Phi) is 9.85. The van der Waals surface area contributed by atoms with Gasteiger partial charge in [0.15, 0.2) is 21.4 Å². The zero-order valence-electron chi connectivity index (χ0n) is 24.4. The zero-order chi connectivity index (χ0) is 32.9. The number of Topliss-reactive ketones (excluding diaryl/α,β-unsaturated/α-hetero) is 1. The van der Waals surface area contributed by atoms with E-state index >= 15 is 0 Å². The average molecular weight is 652 g/mol. The Labute approximate surface area is 259 Å². The maximum Gasteiger partial charge on any atom is 0.296 e. The lowest BCUT2D eigenvalue weighted by Crippen LogP contribution is -2.31. The van der Waals surface area contributed by atoms with E-state index in [-0.39, 0.29) is 33.5 Å². The molecule has 13 nitrogen and oxygen atoms in total. The van der Waals surface area contributed by atoms with Gasteiger partial charge in [-0.05, 0) is 91.9 Å². The summed E-state index contributed by atoms with van der Waals surface area (Å²) in [5.41, 5.74) is 0.981. The molecular formula is C30H29N5O8S2. The number of sulfone groups is 1. The predicted octanol–water partition coefficient (Wildman–Crippen LogP) is 6.38. The lowest BCUT2D eigenvalue weighted by atomic mass is 10.0. The molecule has 15 heteroatoms. The Balaban J connectivity index is 1.55. The Morgan fingerprint density at radius 2 is 1.60 bits per heavy atom. The van der Waals surface area contributed by atoms with Crippen molar-refractivity contribution in [1.82, 2.24) is 0 Å². The summed E-state index contributed by atoms with van der Waals surface area (Å²) in [6.07, 6.45) is 0.474. The van der Waals surface area contributed by atoms with Crippen LogP contribution in [0, 0.1) is 6.92 Å². The number of amides is 1. The second-order valence-electron chi connectivity index (χ2n) is 10.0. The molecule has 0 saturated heterocycles. The highest BCUT2D eigenvalue weighted by atomic mass is 32.2. The van der Waals surface area contributed by atoms with Crippen molar-refractivity contribution in [3.63, 3.8) is 0 Å². The highest BCUT2D eigenvalue weighted by Crippen LogP contribution is 2.40. The minimum absolute atomic E-state index is 0.00934. The molecule has 4 aromatic rings. The summed E-state index contributed by atoms with van der Waals surface area (Å²) in [6.45, 7) is 4.60. The van der Waals surface area contributed by atoms with Crippen LogP contribution >= 0.6 is 0 Å². The summed E-state index contributed by atoms with van der Waals surface area (Å²) in [5.74, 6) is -1.56. The van der Waals surface area contributed by atoms with Crippen LogP contribution in [-0.4, -0.2) is 50.0 Å². The van der Waals surface area contributed by atoms with Gasteiger partial charge in [-0.15, -0.1) is 10.2 Å². The lowest BCUT2D eigenvalue weighted by molar-refractivity contribution is -0.126. The monoisotopic (exact) mass is 651 g/mol. The van der Waals surface area contributed by atoms with Crippen molar-refractivity contribution in [3.8, 4) is 5.75 Å². The summed E-state index contributed by atoms with van der Waals surface area (Å²) >= 11 is 0. The normalized spacial score (nSPS) is 13.0. The Morgan fingerprint density at radius 3 is 2.24 bits per heavy atom. The molecule has 0 aromatic heterocycles. The van der Waals surface area contributed by atoms with E-state index in [9.17, 15) is 36.1 Å². The number of rotatable bonds is 11. The quantitative estimate of drug-likeness (QED) is 0.0940. The number of fused-ring (bicyclic) bond motifs is 1. The van der Waals surface area contributed by atoms with E-state index in [1.807, 2.05) is 0 Å². The summed E-state index contributed by atoms with van der Waals surface area (Å²) in [4.78, 5) is 24.9. The van der Waals surface area contributed by atoms with Gasteiger partial charge >= 0.3 is 0 Å². The van der Waals surface area contributed by atoms with Crippen molar-refractivity contribution in [2.45, 2.75) is 43.0 Å². The third-order valence-electron chi connectivity index (χ3n) is 6.54. The van der Waals surface area contributed by atoms with Crippen molar-refractivity contribution in [2.75, 3.05) is 11.1 Å². The van der Waals surface area contributed by atoms with Gasteiger partial charge in [0.25, 0.3) is 16.0 Å². The second kappa shape index (κ2) is 13.4. The standard InChI is InChI=1S/C30H29N5O8S2/c1-4-15-44(39,40)23-12-9-21(10-13-23)32-35-28(19(3)36)30(38)31-22-11-14-24-20(17-22)16-18(2)27(29(24)37)34-33-25-7-5-6-8-26(25)45(41,42)43/h5-14,16-17,28,37H,4,15H2,1-3H3,(H,31,38)(H,41,42,43). The molecule has 0 aliphatic carbocycles. The molecule has 0 radical (unpaired) electrons. The molecule has 1 amide bonds. The number of phenolic OH excluding ortho intramolecular Hbond substituents is 1. The van der Waals surface area contributed by atoms with Crippen molar-refractivity contribution in [3.05, 3.63) is 78.4 Å². The minimum atomic E-state index is -4.55. The molecule has 45 heavy (non-hydrogen) atoms. The SMILES string of the molecule is CCCS(=O)(=O)c1ccc(N=NC(C(C)=O)C(=O)Nc2ccc3c(O)c(N=Nc4ccccc4S(=O)(=O)O)c(C)cc3c2)cc1. The van der Waals surface area contributed by atoms with Crippen LogP contribution in [0.2, 0.25) is 0 Å². The van der Waals surface area contributed by atoms with Crippen LogP contribution in [-0.2, 0) is 29.5 Å². The number of azo groups is 2. The first kappa shape index (κ1) is 33.0. The summed E-state index contributed by atoms with van der Waals surface area (Å²) in [7, 11) is -7.96. The molecule has 0 spiro atoms. The molecule has 0 fully saturated rings. The summed E-state index contributed by atoms with van der Waals surface area (Å²) in [6, 6.07) is 15.9. The molecular weight excluding hydrogens is 622 g/mol. The van der Waals surface area contributed by atoms with E-state index in [2.05, 4.69) is 25.8 Å². The number of nitrogens with zero attached hydrogens (tertiary/aromatic N) is 4. The molecule has 0 saturated carbocycles. The number of hydrogen-bond donors (Lipinski definition) is 3. The van der Waals surface area contributed by atoms with Gasteiger partial charge in [0.2, 0.25) is 6.04 Å². The first-order valence-corrected chi connectivity index (χ1v) is 16.6. The molecule has 4 rings (SSSR count). The molecule has 4 aromatic carbocycles. The van der Waals surface area contributed by atoms with Crippen molar-refractivity contribution in [1.29, 1.82) is 0 Å². The molecule has 0 heterocycles. The Bertz CT molecular complexity index is 2060. The smallest absolute Gasteiger partial charge is 0.296 e. The van der Waals surface area contributed by atoms with Crippen LogP contribution in [0.15, 0.2) is 103 Å². The van der Waals surface area contributed by atoms with Crippen LogP contribution in [0.1, 0.15) is 25.8 Å². The van der Waals surface area contributed by atoms with Gasteiger partial charge < -0.3 is 10.4 Å². The first-order valence-electron chi connectivity index (χ1n) is 13.5. The highest BCUT2D eigenvalue weighted by molar-refractivity contribution is 7.91.